The lowest BCUT2D eigenvalue weighted by molar-refractivity contribution is -0.122. The summed E-state index contributed by atoms with van der Waals surface area (Å²) in [5.41, 5.74) is 3.36. The monoisotopic (exact) mass is 561 g/mol. The van der Waals surface area contributed by atoms with Gasteiger partial charge in [0.05, 0.1) is 33.3 Å². The van der Waals surface area contributed by atoms with E-state index in [4.69, 9.17) is 9.72 Å². The number of ether oxygens (including phenoxy) is 1. The van der Waals surface area contributed by atoms with Crippen molar-refractivity contribution in [3.05, 3.63) is 78.4 Å². The molecule has 4 aromatic rings. The van der Waals surface area contributed by atoms with E-state index in [1.807, 2.05) is 31.2 Å². The van der Waals surface area contributed by atoms with Gasteiger partial charge in [-0.15, -0.1) is 11.3 Å². The van der Waals surface area contributed by atoms with Crippen LogP contribution in [0.25, 0.3) is 20.8 Å². The highest BCUT2D eigenvalue weighted by Gasteiger charge is 2.47. The summed E-state index contributed by atoms with van der Waals surface area (Å²) in [6.07, 6.45) is 0.981. The Morgan fingerprint density at radius 3 is 2.54 bits per heavy atom. The third-order valence-corrected chi connectivity index (χ3v) is 10.1. The minimum atomic E-state index is -4.05. The van der Waals surface area contributed by atoms with Gasteiger partial charge in [0.1, 0.15) is 11.0 Å². The number of fused-ring (bicyclic) bond motifs is 1. The first kappa shape index (κ1) is 25.8. The second kappa shape index (κ2) is 10.3. The third kappa shape index (κ3) is 4.89. The van der Waals surface area contributed by atoms with Crippen LogP contribution in [0.2, 0.25) is 0 Å². The molecular formula is C29H27N3O5S2. The predicted molar refractivity (Wildman–Crippen MR) is 150 cm³/mol. The Kier molecular flexibility index (Phi) is 6.80. The van der Waals surface area contributed by atoms with E-state index in [0.29, 0.717) is 18.7 Å². The molecule has 200 valence electrons. The Hall–Kier alpha value is -3.44. The van der Waals surface area contributed by atoms with Crippen molar-refractivity contribution in [1.82, 2.24) is 9.29 Å². The van der Waals surface area contributed by atoms with Gasteiger partial charge in [-0.3, -0.25) is 9.59 Å². The van der Waals surface area contributed by atoms with Crippen LogP contribution in [0.15, 0.2) is 77.7 Å². The van der Waals surface area contributed by atoms with Crippen molar-refractivity contribution in [3.63, 3.8) is 0 Å². The number of hydrogen-bond donors (Lipinski definition) is 0. The summed E-state index contributed by atoms with van der Waals surface area (Å²) in [5.74, 6) is -0.991. The van der Waals surface area contributed by atoms with Crippen LogP contribution >= 0.6 is 11.3 Å². The number of anilines is 1. The van der Waals surface area contributed by atoms with Crippen molar-refractivity contribution in [2.24, 2.45) is 0 Å². The predicted octanol–water partition coefficient (Wildman–Crippen LogP) is 4.77. The summed E-state index contributed by atoms with van der Waals surface area (Å²) in [5, 5.41) is 0.843. The van der Waals surface area contributed by atoms with Crippen LogP contribution in [0.3, 0.4) is 0 Å². The topological polar surface area (TPSA) is 96.9 Å². The molecule has 0 bridgehead atoms. The molecule has 3 aromatic carbocycles. The number of carbonyl (C=O) groups excluding carboxylic acids is 2. The fraction of sp³-hybridized carbons (Fsp3) is 0.276. The van der Waals surface area contributed by atoms with Crippen LogP contribution in [0.5, 0.6) is 0 Å². The molecule has 8 nitrogen and oxygen atoms in total. The highest BCUT2D eigenvalue weighted by molar-refractivity contribution is 7.89. The van der Waals surface area contributed by atoms with Gasteiger partial charge in [0.15, 0.2) is 0 Å². The van der Waals surface area contributed by atoms with Gasteiger partial charge < -0.3 is 4.74 Å². The molecule has 2 aliphatic heterocycles. The summed E-state index contributed by atoms with van der Waals surface area (Å²) in [6, 6.07) is 20.1. The Bertz CT molecular complexity index is 1650. The highest BCUT2D eigenvalue weighted by atomic mass is 32.2. The molecule has 0 spiro atoms. The van der Waals surface area contributed by atoms with E-state index in [1.54, 1.807) is 41.7 Å². The first-order valence-electron chi connectivity index (χ1n) is 12.8. The van der Waals surface area contributed by atoms with E-state index in [0.717, 1.165) is 42.0 Å². The number of benzene rings is 3. The van der Waals surface area contributed by atoms with Gasteiger partial charge >= 0.3 is 0 Å². The zero-order valence-electron chi connectivity index (χ0n) is 21.3. The number of carbonyl (C=O) groups is 2. The zero-order valence-corrected chi connectivity index (χ0v) is 23.0. The maximum atomic E-state index is 13.7. The van der Waals surface area contributed by atoms with Gasteiger partial charge in [0, 0.05) is 18.7 Å². The van der Waals surface area contributed by atoms with Gasteiger partial charge in [-0.25, -0.2) is 18.3 Å². The fourth-order valence-electron chi connectivity index (χ4n) is 5.13. The minimum absolute atomic E-state index is 0.0186. The molecule has 0 saturated carbocycles. The van der Waals surface area contributed by atoms with Crippen LogP contribution in [-0.4, -0.2) is 54.8 Å². The van der Waals surface area contributed by atoms with Crippen molar-refractivity contribution >= 4 is 49.1 Å². The number of sulfonamides is 1. The van der Waals surface area contributed by atoms with E-state index < -0.39 is 27.9 Å². The van der Waals surface area contributed by atoms with Crippen LogP contribution in [0, 0.1) is 6.92 Å². The minimum Gasteiger partial charge on any atom is -0.377 e. The standard InChI is InChI=1S/C29H27N3O5S2/c1-19-9-14-24-26(16-19)38-28(30-24)20-10-12-21(13-11-20)32-27(33)17-25(29(32)34)31(18-22-6-5-15-37-22)39(35,36)23-7-3-2-4-8-23/h2-4,7-14,16,22,25H,5-6,15,17-18H2,1H3. The van der Waals surface area contributed by atoms with Gasteiger partial charge in [-0.05, 0) is 73.9 Å². The first-order chi connectivity index (χ1) is 18.8. The molecule has 0 N–H and O–H groups in total. The molecular weight excluding hydrogens is 534 g/mol. The quantitative estimate of drug-likeness (QED) is 0.302. The lowest BCUT2D eigenvalue weighted by Gasteiger charge is -2.28. The van der Waals surface area contributed by atoms with Crippen molar-refractivity contribution in [2.75, 3.05) is 18.1 Å². The Morgan fingerprint density at radius 2 is 1.82 bits per heavy atom. The summed E-state index contributed by atoms with van der Waals surface area (Å²) in [6.45, 7) is 2.61. The average Bonchev–Trinajstić information content (AvgIpc) is 3.67. The molecule has 2 fully saturated rings. The van der Waals surface area contributed by atoms with Gasteiger partial charge in [-0.1, -0.05) is 24.3 Å². The molecule has 2 atom stereocenters. The van der Waals surface area contributed by atoms with E-state index in [1.165, 1.54) is 12.1 Å². The molecule has 1 aromatic heterocycles. The summed E-state index contributed by atoms with van der Waals surface area (Å²) < 4.78 is 35.3. The van der Waals surface area contributed by atoms with Crippen molar-refractivity contribution in [3.8, 4) is 10.6 Å². The van der Waals surface area contributed by atoms with E-state index in [9.17, 15) is 18.0 Å². The summed E-state index contributed by atoms with van der Waals surface area (Å²) in [4.78, 5) is 32.7. The van der Waals surface area contributed by atoms with E-state index >= 15 is 0 Å². The molecule has 39 heavy (non-hydrogen) atoms. The van der Waals surface area contributed by atoms with Gasteiger partial charge in [0.2, 0.25) is 15.9 Å². The van der Waals surface area contributed by atoms with Crippen LogP contribution in [0.1, 0.15) is 24.8 Å². The number of aryl methyl sites for hydroxylation is 1. The van der Waals surface area contributed by atoms with Crippen LogP contribution in [0.4, 0.5) is 5.69 Å². The fourth-order valence-corrected chi connectivity index (χ4v) is 7.83. The summed E-state index contributed by atoms with van der Waals surface area (Å²) >= 11 is 1.58. The lowest BCUT2D eigenvalue weighted by Crippen LogP contribution is -2.48. The van der Waals surface area contributed by atoms with E-state index in [2.05, 4.69) is 6.07 Å². The molecule has 2 saturated heterocycles. The third-order valence-electron chi connectivity index (χ3n) is 7.14. The first-order valence-corrected chi connectivity index (χ1v) is 15.1. The molecule has 10 heteroatoms. The van der Waals surface area contributed by atoms with Crippen LogP contribution in [-0.2, 0) is 24.3 Å². The normalized spacial score (nSPS) is 20.0. The van der Waals surface area contributed by atoms with Crippen molar-refractivity contribution in [1.29, 1.82) is 0 Å². The smallest absolute Gasteiger partial charge is 0.252 e. The molecule has 2 amide bonds. The Balaban J connectivity index is 1.29. The zero-order chi connectivity index (χ0) is 27.1. The van der Waals surface area contributed by atoms with Gasteiger partial charge in [0.25, 0.3) is 5.91 Å². The molecule has 0 radical (unpaired) electrons. The number of thiazole rings is 1. The largest absolute Gasteiger partial charge is 0.377 e. The summed E-state index contributed by atoms with van der Waals surface area (Å²) in [7, 11) is -4.05. The maximum Gasteiger partial charge on any atom is 0.252 e. The van der Waals surface area contributed by atoms with Crippen molar-refractivity contribution < 1.29 is 22.7 Å². The molecule has 3 heterocycles. The Morgan fingerprint density at radius 1 is 1.05 bits per heavy atom. The maximum absolute atomic E-state index is 13.7. The molecule has 6 rings (SSSR count). The highest BCUT2D eigenvalue weighted by Crippen LogP contribution is 2.34. The number of hydrogen-bond acceptors (Lipinski definition) is 7. The van der Waals surface area contributed by atoms with Gasteiger partial charge in [-0.2, -0.15) is 4.31 Å². The number of aromatic nitrogens is 1. The second-order valence-corrected chi connectivity index (χ2v) is 12.8. The molecule has 0 aliphatic carbocycles. The number of imide groups is 1. The SMILES string of the molecule is Cc1ccc2nc(-c3ccc(N4C(=O)CC(N(CC5CCCO5)S(=O)(=O)c5ccccc5)C4=O)cc3)sc2c1. The van der Waals surface area contributed by atoms with Crippen LogP contribution < -0.4 is 4.90 Å². The molecule has 2 aliphatic rings. The Labute approximate surface area is 230 Å². The average molecular weight is 562 g/mol. The number of nitrogens with zero attached hydrogens (tertiary/aromatic N) is 3. The molecule has 2 unspecified atom stereocenters. The second-order valence-electron chi connectivity index (χ2n) is 9.85. The lowest BCUT2D eigenvalue weighted by atomic mass is 10.2. The van der Waals surface area contributed by atoms with Crippen molar-refractivity contribution in [2.45, 2.75) is 43.2 Å². The number of amides is 2. The van der Waals surface area contributed by atoms with E-state index in [-0.39, 0.29) is 24.0 Å². The number of rotatable bonds is 7.